The van der Waals surface area contributed by atoms with Crippen LogP contribution in [0.3, 0.4) is 0 Å². The first-order valence-electron chi connectivity index (χ1n) is 11.4. The molecule has 0 N–H and O–H groups in total. The number of carbonyl (C=O) groups is 1. The summed E-state index contributed by atoms with van der Waals surface area (Å²) in [7, 11) is 0. The Morgan fingerprint density at radius 2 is 1.78 bits per heavy atom. The SMILES string of the molecule is Cc1ccoc1C(=O)N1CC[C@H](CN2CCC(c3ccc(F)cc3)CC2)C1.c1ccsc1. The highest BCUT2D eigenvalue weighted by Gasteiger charge is 2.31. The Hall–Kier alpha value is -2.44. The number of benzene rings is 1. The first-order valence-corrected chi connectivity index (χ1v) is 12.3. The van der Waals surface area contributed by atoms with E-state index in [1.807, 2.05) is 52.9 Å². The summed E-state index contributed by atoms with van der Waals surface area (Å²) in [6.45, 7) is 6.74. The van der Waals surface area contributed by atoms with Crippen molar-refractivity contribution < 1.29 is 13.6 Å². The Labute approximate surface area is 193 Å². The summed E-state index contributed by atoms with van der Waals surface area (Å²) in [5, 5.41) is 4.08. The van der Waals surface area contributed by atoms with Crippen LogP contribution in [0.2, 0.25) is 0 Å². The Morgan fingerprint density at radius 1 is 1.06 bits per heavy atom. The number of furan rings is 1. The summed E-state index contributed by atoms with van der Waals surface area (Å²) in [6.07, 6.45) is 4.88. The Kier molecular flexibility index (Phi) is 7.76. The van der Waals surface area contributed by atoms with Crippen LogP contribution >= 0.6 is 11.3 Å². The molecule has 3 aromatic rings. The van der Waals surface area contributed by atoms with E-state index in [-0.39, 0.29) is 11.7 Å². The fraction of sp³-hybridized carbons (Fsp3) is 0.423. The first kappa shape index (κ1) is 22.7. The van der Waals surface area contributed by atoms with Gasteiger partial charge in [0.15, 0.2) is 5.76 Å². The molecular formula is C26H31FN2O2S. The van der Waals surface area contributed by atoms with Gasteiger partial charge in [0.2, 0.25) is 0 Å². The van der Waals surface area contributed by atoms with E-state index >= 15 is 0 Å². The van der Waals surface area contributed by atoms with Crippen molar-refractivity contribution in [2.24, 2.45) is 5.92 Å². The molecular weight excluding hydrogens is 423 g/mol. The Morgan fingerprint density at radius 3 is 2.38 bits per heavy atom. The lowest BCUT2D eigenvalue weighted by Crippen LogP contribution is -2.37. The lowest BCUT2D eigenvalue weighted by molar-refractivity contribution is 0.0749. The molecule has 6 heteroatoms. The maximum atomic E-state index is 13.1. The van der Waals surface area contributed by atoms with Gasteiger partial charge in [0.1, 0.15) is 5.82 Å². The number of hydrogen-bond donors (Lipinski definition) is 0. The van der Waals surface area contributed by atoms with E-state index in [2.05, 4.69) is 4.90 Å². The fourth-order valence-electron chi connectivity index (χ4n) is 4.68. The molecule has 0 bridgehead atoms. The maximum Gasteiger partial charge on any atom is 0.289 e. The van der Waals surface area contributed by atoms with Crippen LogP contribution in [0.15, 0.2) is 63.9 Å². The van der Waals surface area contributed by atoms with E-state index in [9.17, 15) is 9.18 Å². The average Bonchev–Trinajstić information content (AvgIpc) is 3.59. The fourth-order valence-corrected chi connectivity index (χ4v) is 5.13. The standard InChI is InChI=1S/C22H27FN2O2.C4H4S/c1-16-9-13-27-21(16)22(26)25-12-6-17(15-25)14-24-10-7-19(8-11-24)18-2-4-20(23)5-3-18;1-2-4-5-3-1/h2-5,9,13,17,19H,6-8,10-12,14-15H2,1H3;1-4H/t17-;/m1./s1. The monoisotopic (exact) mass is 454 g/mol. The second-order valence-corrected chi connectivity index (χ2v) is 9.57. The zero-order chi connectivity index (χ0) is 22.3. The third-order valence-electron chi connectivity index (χ3n) is 6.50. The van der Waals surface area contributed by atoms with Crippen LogP contribution in [0.25, 0.3) is 0 Å². The zero-order valence-corrected chi connectivity index (χ0v) is 19.4. The molecule has 2 fully saturated rings. The molecule has 5 rings (SSSR count). The van der Waals surface area contributed by atoms with Crippen LogP contribution in [-0.4, -0.2) is 48.4 Å². The van der Waals surface area contributed by atoms with E-state index in [0.717, 1.165) is 57.5 Å². The van der Waals surface area contributed by atoms with Crippen molar-refractivity contribution >= 4 is 17.2 Å². The number of halogens is 1. The number of aryl methyl sites for hydroxylation is 1. The van der Waals surface area contributed by atoms with Crippen molar-refractivity contribution in [3.63, 3.8) is 0 Å². The molecule has 32 heavy (non-hydrogen) atoms. The Balaban J connectivity index is 0.000000433. The van der Waals surface area contributed by atoms with Gasteiger partial charge in [0.25, 0.3) is 5.91 Å². The van der Waals surface area contributed by atoms with Gasteiger partial charge in [-0.3, -0.25) is 4.79 Å². The topological polar surface area (TPSA) is 36.7 Å². The largest absolute Gasteiger partial charge is 0.459 e. The average molecular weight is 455 g/mol. The molecule has 0 aliphatic carbocycles. The van der Waals surface area contributed by atoms with Crippen LogP contribution in [0, 0.1) is 18.7 Å². The van der Waals surface area contributed by atoms with Crippen molar-refractivity contribution in [1.82, 2.24) is 9.80 Å². The minimum Gasteiger partial charge on any atom is -0.459 e. The summed E-state index contributed by atoms with van der Waals surface area (Å²) in [5.74, 6) is 1.41. The molecule has 170 valence electrons. The number of thiophene rings is 1. The van der Waals surface area contributed by atoms with E-state index in [0.29, 0.717) is 17.6 Å². The van der Waals surface area contributed by atoms with Crippen molar-refractivity contribution in [3.05, 3.63) is 82.2 Å². The van der Waals surface area contributed by atoms with Crippen molar-refractivity contribution in [3.8, 4) is 0 Å². The lowest BCUT2D eigenvalue weighted by Gasteiger charge is -2.33. The van der Waals surface area contributed by atoms with Crippen LogP contribution in [0.1, 0.15) is 46.9 Å². The third-order valence-corrected chi connectivity index (χ3v) is 7.13. The molecule has 0 saturated carbocycles. The third kappa shape index (κ3) is 5.87. The minimum absolute atomic E-state index is 0.0232. The van der Waals surface area contributed by atoms with Gasteiger partial charge in [-0.25, -0.2) is 4.39 Å². The molecule has 0 spiro atoms. The highest BCUT2D eigenvalue weighted by atomic mass is 32.1. The number of amides is 1. The van der Waals surface area contributed by atoms with Gasteiger partial charge in [0, 0.05) is 25.2 Å². The van der Waals surface area contributed by atoms with Gasteiger partial charge in [-0.1, -0.05) is 24.3 Å². The van der Waals surface area contributed by atoms with Gasteiger partial charge in [0.05, 0.1) is 6.26 Å². The van der Waals surface area contributed by atoms with Gasteiger partial charge >= 0.3 is 0 Å². The molecule has 4 nitrogen and oxygen atoms in total. The van der Waals surface area contributed by atoms with Crippen LogP contribution in [-0.2, 0) is 0 Å². The number of piperidine rings is 1. The van der Waals surface area contributed by atoms with Crippen LogP contribution in [0.4, 0.5) is 4.39 Å². The molecule has 1 atom stereocenters. The Bertz CT molecular complexity index is 945. The summed E-state index contributed by atoms with van der Waals surface area (Å²) in [4.78, 5) is 17.0. The van der Waals surface area contributed by atoms with Crippen molar-refractivity contribution in [2.45, 2.75) is 32.1 Å². The molecule has 1 aromatic carbocycles. The number of carbonyl (C=O) groups excluding carboxylic acids is 1. The van der Waals surface area contributed by atoms with E-state index < -0.39 is 0 Å². The molecule has 4 heterocycles. The molecule has 2 aromatic heterocycles. The van der Waals surface area contributed by atoms with E-state index in [1.54, 1.807) is 29.7 Å². The molecule has 0 unspecified atom stereocenters. The summed E-state index contributed by atoms with van der Waals surface area (Å²) < 4.78 is 18.5. The van der Waals surface area contributed by atoms with Crippen LogP contribution < -0.4 is 0 Å². The number of rotatable bonds is 4. The smallest absolute Gasteiger partial charge is 0.289 e. The van der Waals surface area contributed by atoms with Gasteiger partial charge in [-0.05, 0) is 85.6 Å². The van der Waals surface area contributed by atoms with Gasteiger partial charge in [-0.2, -0.15) is 11.3 Å². The predicted octanol–water partition coefficient (Wildman–Crippen LogP) is 5.82. The number of likely N-dealkylation sites (tertiary alicyclic amines) is 2. The highest BCUT2D eigenvalue weighted by molar-refractivity contribution is 7.07. The van der Waals surface area contributed by atoms with E-state index in [4.69, 9.17) is 4.42 Å². The van der Waals surface area contributed by atoms with Gasteiger partial charge < -0.3 is 14.2 Å². The zero-order valence-electron chi connectivity index (χ0n) is 18.6. The van der Waals surface area contributed by atoms with E-state index in [1.165, 1.54) is 5.56 Å². The number of nitrogens with zero attached hydrogens (tertiary/aromatic N) is 2. The molecule has 1 amide bonds. The molecule has 2 aliphatic heterocycles. The number of hydrogen-bond acceptors (Lipinski definition) is 4. The lowest BCUT2D eigenvalue weighted by atomic mass is 9.89. The normalized spacial score (nSPS) is 19.6. The van der Waals surface area contributed by atoms with Crippen molar-refractivity contribution in [1.29, 1.82) is 0 Å². The van der Waals surface area contributed by atoms with Gasteiger partial charge in [-0.15, -0.1) is 0 Å². The second-order valence-electron chi connectivity index (χ2n) is 8.76. The first-order chi connectivity index (χ1) is 15.6. The summed E-state index contributed by atoms with van der Waals surface area (Å²) in [5.41, 5.74) is 2.16. The highest BCUT2D eigenvalue weighted by Crippen LogP contribution is 2.29. The maximum absolute atomic E-state index is 13.1. The second kappa shape index (κ2) is 10.9. The summed E-state index contributed by atoms with van der Waals surface area (Å²) >= 11 is 1.71. The van der Waals surface area contributed by atoms with Crippen LogP contribution in [0.5, 0.6) is 0 Å². The predicted molar refractivity (Wildman–Crippen MR) is 127 cm³/mol. The summed E-state index contributed by atoms with van der Waals surface area (Å²) in [6, 6.07) is 12.8. The molecule has 0 radical (unpaired) electrons. The quantitative estimate of drug-likeness (QED) is 0.499. The molecule has 2 saturated heterocycles. The molecule has 2 aliphatic rings. The minimum atomic E-state index is -0.165. The van der Waals surface area contributed by atoms with Crippen molar-refractivity contribution in [2.75, 3.05) is 32.7 Å².